The number of benzene rings is 3. The maximum atomic E-state index is 4.68. The van der Waals surface area contributed by atoms with E-state index in [4.69, 9.17) is 0 Å². The summed E-state index contributed by atoms with van der Waals surface area (Å²) in [7, 11) is 0. The first-order valence-electron chi connectivity index (χ1n) is 11.8. The van der Waals surface area contributed by atoms with Crippen molar-refractivity contribution in [3.63, 3.8) is 0 Å². The number of hydrogen-bond acceptors (Lipinski definition) is 3. The molecule has 8 rings (SSSR count). The third-order valence-corrected chi connectivity index (χ3v) is 7.84. The summed E-state index contributed by atoms with van der Waals surface area (Å²) < 4.78 is 6.73. The van der Waals surface area contributed by atoms with Gasteiger partial charge >= 0.3 is 0 Å². The SMILES string of the molecule is c1ccc(-c2csc3c2cc2n(-c4cccc(-n5ncc6ccccc65)c4)c4ccccc4n32)nc1. The number of aromatic nitrogens is 5. The molecule has 8 aromatic rings. The summed E-state index contributed by atoms with van der Waals surface area (Å²) in [6, 6.07) is 33.9. The molecule has 0 fully saturated rings. The van der Waals surface area contributed by atoms with Crippen LogP contribution < -0.4 is 0 Å². The highest BCUT2D eigenvalue weighted by atomic mass is 32.1. The Morgan fingerprint density at radius 3 is 2.39 bits per heavy atom. The second-order valence-corrected chi connectivity index (χ2v) is 9.74. The number of para-hydroxylation sites is 3. The molecule has 0 saturated heterocycles. The first-order valence-corrected chi connectivity index (χ1v) is 12.7. The number of imidazole rings is 1. The van der Waals surface area contributed by atoms with Gasteiger partial charge in [-0.05, 0) is 54.6 Å². The molecule has 0 atom stereocenters. The lowest BCUT2D eigenvalue weighted by Crippen LogP contribution is -1.99. The minimum atomic E-state index is 1.00. The molecule has 0 aliphatic rings. The Hall–Kier alpha value is -4.68. The van der Waals surface area contributed by atoms with Crippen LogP contribution in [-0.4, -0.2) is 23.7 Å². The number of nitrogens with zero attached hydrogens (tertiary/aromatic N) is 5. The first kappa shape index (κ1) is 19.6. The van der Waals surface area contributed by atoms with E-state index in [0.717, 1.165) is 33.6 Å². The van der Waals surface area contributed by atoms with Crippen molar-refractivity contribution in [1.82, 2.24) is 23.7 Å². The minimum absolute atomic E-state index is 1.00. The molecule has 5 nitrogen and oxygen atoms in total. The molecule has 6 heteroatoms. The van der Waals surface area contributed by atoms with Crippen molar-refractivity contribution < 1.29 is 0 Å². The van der Waals surface area contributed by atoms with Crippen LogP contribution in [0.1, 0.15) is 0 Å². The number of thiophene rings is 1. The Bertz CT molecular complexity index is 2060. The van der Waals surface area contributed by atoms with E-state index in [2.05, 4.69) is 103 Å². The van der Waals surface area contributed by atoms with Crippen LogP contribution in [0.15, 0.2) is 115 Å². The van der Waals surface area contributed by atoms with Gasteiger partial charge in [0.15, 0.2) is 0 Å². The van der Waals surface area contributed by atoms with Crippen molar-refractivity contribution in [1.29, 1.82) is 0 Å². The molecule has 0 radical (unpaired) electrons. The van der Waals surface area contributed by atoms with Gasteiger partial charge in [0.25, 0.3) is 0 Å². The third-order valence-electron chi connectivity index (χ3n) is 6.86. The highest BCUT2D eigenvalue weighted by Gasteiger charge is 2.19. The van der Waals surface area contributed by atoms with Crippen LogP contribution >= 0.6 is 11.3 Å². The van der Waals surface area contributed by atoms with E-state index in [1.165, 1.54) is 26.8 Å². The van der Waals surface area contributed by atoms with Gasteiger partial charge in [0, 0.05) is 33.6 Å². The third kappa shape index (κ3) is 2.70. The molecule has 0 spiro atoms. The van der Waals surface area contributed by atoms with Crippen molar-refractivity contribution in [2.24, 2.45) is 0 Å². The molecular formula is C30H19N5S. The van der Waals surface area contributed by atoms with Gasteiger partial charge in [0.05, 0.1) is 34.1 Å². The lowest BCUT2D eigenvalue weighted by molar-refractivity contribution is 0.908. The largest absolute Gasteiger partial charge is 0.294 e. The first-order chi connectivity index (χ1) is 17.9. The van der Waals surface area contributed by atoms with Gasteiger partial charge in [-0.2, -0.15) is 5.10 Å². The van der Waals surface area contributed by atoms with Crippen molar-refractivity contribution >= 4 is 49.1 Å². The Balaban J connectivity index is 1.40. The molecule has 0 saturated carbocycles. The van der Waals surface area contributed by atoms with Crippen molar-refractivity contribution in [3.05, 3.63) is 115 Å². The molecule has 0 aliphatic carbocycles. The van der Waals surface area contributed by atoms with Crippen LogP contribution in [-0.2, 0) is 0 Å². The van der Waals surface area contributed by atoms with Crippen molar-refractivity contribution in [2.75, 3.05) is 0 Å². The molecule has 5 aromatic heterocycles. The summed E-state index contributed by atoms with van der Waals surface area (Å²) in [5.74, 6) is 0. The van der Waals surface area contributed by atoms with E-state index in [9.17, 15) is 0 Å². The zero-order valence-electron chi connectivity index (χ0n) is 19.1. The van der Waals surface area contributed by atoms with Gasteiger partial charge in [-0.3, -0.25) is 14.0 Å². The molecule has 0 N–H and O–H groups in total. The van der Waals surface area contributed by atoms with Gasteiger partial charge in [0.2, 0.25) is 0 Å². The predicted octanol–water partition coefficient (Wildman–Crippen LogP) is 7.50. The molecular weight excluding hydrogens is 462 g/mol. The summed E-state index contributed by atoms with van der Waals surface area (Å²) in [6.45, 7) is 0. The van der Waals surface area contributed by atoms with Crippen LogP contribution in [0.5, 0.6) is 0 Å². The molecule has 0 unspecified atom stereocenters. The van der Waals surface area contributed by atoms with E-state index in [1.54, 1.807) is 11.3 Å². The standard InChI is InChI=1S/C30H19N5S/c1-2-12-26-20(8-1)18-32-35(26)22-10-7-9-21(16-22)33-27-13-3-4-14-28(27)34-29(33)17-23-24(19-36-30(23)34)25-11-5-6-15-31-25/h1-19H. The Morgan fingerprint density at radius 2 is 1.50 bits per heavy atom. The maximum absolute atomic E-state index is 4.68. The zero-order chi connectivity index (χ0) is 23.6. The Labute approximate surface area is 210 Å². The van der Waals surface area contributed by atoms with Crippen LogP contribution in [0.25, 0.3) is 60.4 Å². The molecule has 0 bridgehead atoms. The summed E-state index contributed by atoms with van der Waals surface area (Å²) in [5, 5.41) is 9.25. The predicted molar refractivity (Wildman–Crippen MR) is 147 cm³/mol. The lowest BCUT2D eigenvalue weighted by Gasteiger charge is -2.09. The average molecular weight is 482 g/mol. The quantitative estimate of drug-likeness (QED) is 0.262. The summed E-state index contributed by atoms with van der Waals surface area (Å²) in [5.41, 5.74) is 8.90. The van der Waals surface area contributed by atoms with Crippen molar-refractivity contribution in [2.45, 2.75) is 0 Å². The van der Waals surface area contributed by atoms with Gasteiger partial charge in [-0.15, -0.1) is 11.3 Å². The van der Waals surface area contributed by atoms with E-state index >= 15 is 0 Å². The lowest BCUT2D eigenvalue weighted by atomic mass is 10.1. The number of pyridine rings is 1. The molecule has 36 heavy (non-hydrogen) atoms. The fourth-order valence-corrected chi connectivity index (χ4v) is 6.33. The van der Waals surface area contributed by atoms with Crippen LogP contribution in [0.3, 0.4) is 0 Å². The van der Waals surface area contributed by atoms with Crippen LogP contribution in [0.2, 0.25) is 0 Å². The van der Waals surface area contributed by atoms with Gasteiger partial charge < -0.3 is 0 Å². The summed E-state index contributed by atoms with van der Waals surface area (Å²) in [4.78, 5) is 5.85. The average Bonchev–Trinajstić information content (AvgIpc) is 3.68. The fraction of sp³-hybridized carbons (Fsp3) is 0. The normalized spacial score (nSPS) is 11.9. The highest BCUT2D eigenvalue weighted by Crippen LogP contribution is 2.39. The number of rotatable bonds is 3. The smallest absolute Gasteiger partial charge is 0.124 e. The zero-order valence-corrected chi connectivity index (χ0v) is 19.9. The minimum Gasteiger partial charge on any atom is -0.294 e. The highest BCUT2D eigenvalue weighted by molar-refractivity contribution is 7.17. The molecule has 3 aromatic carbocycles. The Morgan fingerprint density at radius 1 is 0.694 bits per heavy atom. The summed E-state index contributed by atoms with van der Waals surface area (Å²) in [6.07, 6.45) is 3.78. The van der Waals surface area contributed by atoms with Crippen LogP contribution in [0.4, 0.5) is 0 Å². The maximum Gasteiger partial charge on any atom is 0.124 e. The second kappa shape index (κ2) is 7.41. The van der Waals surface area contributed by atoms with Crippen LogP contribution in [0, 0.1) is 0 Å². The van der Waals surface area contributed by atoms with Gasteiger partial charge in [0.1, 0.15) is 10.5 Å². The van der Waals surface area contributed by atoms with E-state index in [0.29, 0.717) is 0 Å². The Kier molecular flexibility index (Phi) is 4.03. The van der Waals surface area contributed by atoms with Gasteiger partial charge in [-0.1, -0.05) is 42.5 Å². The summed E-state index contributed by atoms with van der Waals surface area (Å²) >= 11 is 1.77. The van der Waals surface area contributed by atoms with Gasteiger partial charge in [-0.25, -0.2) is 4.68 Å². The molecule has 170 valence electrons. The van der Waals surface area contributed by atoms with E-state index in [-0.39, 0.29) is 0 Å². The van der Waals surface area contributed by atoms with Crippen molar-refractivity contribution in [3.8, 4) is 22.6 Å². The number of hydrogen-bond donors (Lipinski definition) is 0. The number of fused-ring (bicyclic) bond motifs is 6. The monoisotopic (exact) mass is 481 g/mol. The second-order valence-electron chi connectivity index (χ2n) is 8.88. The molecule has 0 aliphatic heterocycles. The van der Waals surface area contributed by atoms with E-state index < -0.39 is 0 Å². The van der Waals surface area contributed by atoms with E-state index in [1.807, 2.05) is 35.3 Å². The molecule has 5 heterocycles. The topological polar surface area (TPSA) is 40.0 Å². The fourth-order valence-electron chi connectivity index (χ4n) is 5.26. The molecule has 0 amide bonds.